The first-order chi connectivity index (χ1) is 8.70. The molecule has 2 heteroatoms. The van der Waals surface area contributed by atoms with Gasteiger partial charge in [-0.05, 0) is 67.3 Å². The molecule has 100 valence electrons. The highest BCUT2D eigenvalue weighted by Gasteiger charge is 2.12. The van der Waals surface area contributed by atoms with Crippen molar-refractivity contribution in [2.45, 2.75) is 39.5 Å². The summed E-state index contributed by atoms with van der Waals surface area (Å²) in [6.45, 7) is 6.22. The molecule has 2 nitrogen and oxygen atoms in total. The quantitative estimate of drug-likeness (QED) is 0.837. The molecule has 0 spiro atoms. The molecule has 1 aromatic carbocycles. The van der Waals surface area contributed by atoms with Gasteiger partial charge in [0, 0.05) is 12.2 Å². The molecule has 0 saturated carbocycles. The van der Waals surface area contributed by atoms with E-state index in [9.17, 15) is 0 Å². The lowest BCUT2D eigenvalue weighted by Gasteiger charge is -2.21. The highest BCUT2D eigenvalue weighted by atomic mass is 14.9. The first kappa shape index (κ1) is 13.4. The van der Waals surface area contributed by atoms with E-state index in [2.05, 4.69) is 37.4 Å². The fourth-order valence-corrected chi connectivity index (χ4v) is 2.68. The van der Waals surface area contributed by atoms with Crippen LogP contribution < -0.4 is 11.1 Å². The predicted molar refractivity (Wildman–Crippen MR) is 79.0 cm³/mol. The largest absolute Gasteiger partial charge is 0.385 e. The molecule has 2 rings (SSSR count). The number of rotatable bonds is 5. The van der Waals surface area contributed by atoms with E-state index in [-0.39, 0.29) is 0 Å². The molecular formula is C16H26N2. The second kappa shape index (κ2) is 6.24. The number of fused-ring (bicyclic) bond motifs is 1. The zero-order valence-corrected chi connectivity index (χ0v) is 11.7. The second-order valence-electron chi connectivity index (χ2n) is 5.81. The van der Waals surface area contributed by atoms with Gasteiger partial charge in [-0.25, -0.2) is 0 Å². The summed E-state index contributed by atoms with van der Waals surface area (Å²) in [7, 11) is 0. The first-order valence-electron chi connectivity index (χ1n) is 7.26. The summed E-state index contributed by atoms with van der Waals surface area (Å²) in [6, 6.07) is 6.85. The molecule has 3 N–H and O–H groups in total. The van der Waals surface area contributed by atoms with Crippen molar-refractivity contribution in [3.05, 3.63) is 29.3 Å². The maximum Gasteiger partial charge on any atom is 0.0343 e. The molecule has 1 unspecified atom stereocenters. The highest BCUT2D eigenvalue weighted by Crippen LogP contribution is 2.24. The van der Waals surface area contributed by atoms with Crippen LogP contribution in [0.4, 0.5) is 5.69 Å². The van der Waals surface area contributed by atoms with Crippen molar-refractivity contribution in [1.29, 1.82) is 0 Å². The summed E-state index contributed by atoms with van der Waals surface area (Å²) < 4.78 is 0. The van der Waals surface area contributed by atoms with Crippen LogP contribution in [0.3, 0.4) is 0 Å². The van der Waals surface area contributed by atoms with Crippen LogP contribution in [0.1, 0.15) is 37.8 Å². The predicted octanol–water partition coefficient (Wildman–Crippen LogP) is 3.21. The minimum atomic E-state index is 0.557. The van der Waals surface area contributed by atoms with Crippen molar-refractivity contribution >= 4 is 5.69 Å². The Kier molecular flexibility index (Phi) is 4.65. The van der Waals surface area contributed by atoms with Gasteiger partial charge in [0.15, 0.2) is 0 Å². The van der Waals surface area contributed by atoms with Crippen LogP contribution in [-0.4, -0.2) is 13.1 Å². The fraction of sp³-hybridized carbons (Fsp3) is 0.625. The molecule has 0 heterocycles. The Labute approximate surface area is 111 Å². The van der Waals surface area contributed by atoms with E-state index in [1.807, 2.05) is 0 Å². The monoisotopic (exact) mass is 246 g/mol. The summed E-state index contributed by atoms with van der Waals surface area (Å²) in [4.78, 5) is 0. The van der Waals surface area contributed by atoms with Gasteiger partial charge in [0.25, 0.3) is 0 Å². The fourth-order valence-electron chi connectivity index (χ4n) is 2.68. The lowest BCUT2D eigenvalue weighted by molar-refractivity contribution is 0.413. The van der Waals surface area contributed by atoms with Crippen LogP contribution in [0.5, 0.6) is 0 Å². The smallest absolute Gasteiger partial charge is 0.0343 e. The van der Waals surface area contributed by atoms with E-state index in [4.69, 9.17) is 5.73 Å². The van der Waals surface area contributed by atoms with Gasteiger partial charge in [0.2, 0.25) is 0 Å². The van der Waals surface area contributed by atoms with Crippen LogP contribution in [0.2, 0.25) is 0 Å². The van der Waals surface area contributed by atoms with E-state index >= 15 is 0 Å². The number of hydrogen-bond donors (Lipinski definition) is 2. The number of aryl methyl sites for hydroxylation is 2. The summed E-state index contributed by atoms with van der Waals surface area (Å²) in [5, 5.41) is 3.55. The summed E-state index contributed by atoms with van der Waals surface area (Å²) in [5.74, 6) is 1.20. The van der Waals surface area contributed by atoms with Crippen LogP contribution in [0.15, 0.2) is 18.2 Å². The Bertz CT molecular complexity index is 385. The molecule has 1 aliphatic carbocycles. The van der Waals surface area contributed by atoms with Crippen molar-refractivity contribution in [3.8, 4) is 0 Å². The highest BCUT2D eigenvalue weighted by molar-refractivity contribution is 5.49. The Morgan fingerprint density at radius 3 is 2.56 bits per heavy atom. The summed E-state index contributed by atoms with van der Waals surface area (Å²) >= 11 is 0. The topological polar surface area (TPSA) is 38.0 Å². The van der Waals surface area contributed by atoms with Crippen LogP contribution in [0.25, 0.3) is 0 Å². The van der Waals surface area contributed by atoms with E-state index in [0.717, 1.165) is 13.1 Å². The molecule has 0 aliphatic heterocycles. The summed E-state index contributed by atoms with van der Waals surface area (Å²) in [5.41, 5.74) is 10.2. The van der Waals surface area contributed by atoms with E-state index in [1.54, 1.807) is 11.1 Å². The van der Waals surface area contributed by atoms with Gasteiger partial charge in [-0.2, -0.15) is 0 Å². The average Bonchev–Trinajstić information content (AvgIpc) is 2.39. The Hall–Kier alpha value is -1.02. The number of nitrogens with one attached hydrogen (secondary N) is 1. The molecule has 1 aromatic rings. The second-order valence-corrected chi connectivity index (χ2v) is 5.81. The van der Waals surface area contributed by atoms with E-state index in [1.165, 1.54) is 31.4 Å². The van der Waals surface area contributed by atoms with E-state index in [0.29, 0.717) is 11.8 Å². The first-order valence-corrected chi connectivity index (χ1v) is 7.26. The number of anilines is 1. The third-order valence-electron chi connectivity index (χ3n) is 4.16. The minimum absolute atomic E-state index is 0.557. The minimum Gasteiger partial charge on any atom is -0.385 e. The van der Waals surface area contributed by atoms with Crippen LogP contribution in [0, 0.1) is 11.8 Å². The maximum absolute atomic E-state index is 5.81. The van der Waals surface area contributed by atoms with Crippen LogP contribution in [-0.2, 0) is 12.8 Å². The van der Waals surface area contributed by atoms with Crippen molar-refractivity contribution in [1.82, 2.24) is 0 Å². The Morgan fingerprint density at radius 2 is 1.89 bits per heavy atom. The zero-order chi connectivity index (χ0) is 13.0. The molecule has 1 aliphatic rings. The van der Waals surface area contributed by atoms with Gasteiger partial charge < -0.3 is 11.1 Å². The van der Waals surface area contributed by atoms with Gasteiger partial charge in [-0.3, -0.25) is 0 Å². The van der Waals surface area contributed by atoms with Crippen molar-refractivity contribution in [2.24, 2.45) is 17.6 Å². The number of hydrogen-bond acceptors (Lipinski definition) is 2. The molecule has 0 aromatic heterocycles. The third kappa shape index (κ3) is 3.26. The molecular weight excluding hydrogens is 220 g/mol. The van der Waals surface area contributed by atoms with Crippen LogP contribution >= 0.6 is 0 Å². The molecule has 0 bridgehead atoms. The SMILES string of the molecule is CC(C)C(CN)CNc1ccc2c(c1)CCCC2. The van der Waals surface area contributed by atoms with Gasteiger partial charge in [-0.1, -0.05) is 19.9 Å². The molecule has 0 fully saturated rings. The summed E-state index contributed by atoms with van der Waals surface area (Å²) in [6.07, 6.45) is 5.19. The number of benzene rings is 1. The van der Waals surface area contributed by atoms with Crippen molar-refractivity contribution in [2.75, 3.05) is 18.4 Å². The van der Waals surface area contributed by atoms with Gasteiger partial charge in [-0.15, -0.1) is 0 Å². The standard InChI is InChI=1S/C16H26N2/c1-12(2)15(10-17)11-18-16-8-7-13-5-3-4-6-14(13)9-16/h7-9,12,15,18H,3-6,10-11,17H2,1-2H3. The molecule has 1 atom stereocenters. The van der Waals surface area contributed by atoms with Crippen molar-refractivity contribution in [3.63, 3.8) is 0 Å². The normalized spacial score (nSPS) is 16.4. The lowest BCUT2D eigenvalue weighted by atomic mass is 9.91. The zero-order valence-electron chi connectivity index (χ0n) is 11.7. The number of nitrogens with two attached hydrogens (primary N) is 1. The van der Waals surface area contributed by atoms with Crippen molar-refractivity contribution < 1.29 is 0 Å². The average molecular weight is 246 g/mol. The molecule has 18 heavy (non-hydrogen) atoms. The molecule has 0 amide bonds. The Morgan fingerprint density at radius 1 is 1.17 bits per heavy atom. The van der Waals surface area contributed by atoms with E-state index < -0.39 is 0 Å². The van der Waals surface area contributed by atoms with Gasteiger partial charge in [0.1, 0.15) is 0 Å². The lowest BCUT2D eigenvalue weighted by Crippen LogP contribution is -2.27. The van der Waals surface area contributed by atoms with Gasteiger partial charge in [0.05, 0.1) is 0 Å². The molecule has 0 saturated heterocycles. The Balaban J connectivity index is 1.97. The third-order valence-corrected chi connectivity index (χ3v) is 4.16. The molecule has 0 radical (unpaired) electrons. The maximum atomic E-state index is 5.81. The van der Waals surface area contributed by atoms with Gasteiger partial charge >= 0.3 is 0 Å².